The zero-order valence-electron chi connectivity index (χ0n) is 20.4. The summed E-state index contributed by atoms with van der Waals surface area (Å²) in [7, 11) is -4.78. The quantitative estimate of drug-likeness (QED) is 0.195. The topological polar surface area (TPSA) is 168 Å². The number of anilines is 4. The average molecular weight is 539 g/mol. The molecule has 1 aliphatic rings. The summed E-state index contributed by atoms with van der Waals surface area (Å²) in [5, 5.41) is 9.52. The summed E-state index contributed by atoms with van der Waals surface area (Å²) in [6.07, 6.45) is 4.91. The van der Waals surface area contributed by atoms with Crippen molar-refractivity contribution >= 4 is 47.7 Å². The van der Waals surface area contributed by atoms with Crippen molar-refractivity contribution in [3.63, 3.8) is 0 Å². The number of hydrogen-bond donors (Lipinski definition) is 5. The van der Waals surface area contributed by atoms with Crippen LogP contribution in [0, 0.1) is 6.92 Å². The van der Waals surface area contributed by atoms with Crippen molar-refractivity contribution in [2.45, 2.75) is 39.0 Å². The van der Waals surface area contributed by atoms with E-state index in [1.165, 1.54) is 0 Å². The van der Waals surface area contributed by atoms with E-state index in [-0.39, 0.29) is 17.5 Å². The molecule has 38 heavy (non-hydrogen) atoms. The molecule has 2 heterocycles. The lowest BCUT2D eigenvalue weighted by Crippen LogP contribution is -2.39. The van der Waals surface area contributed by atoms with Crippen LogP contribution in [0.1, 0.15) is 35.2 Å². The van der Waals surface area contributed by atoms with Gasteiger partial charge in [-0.25, -0.2) is 18.9 Å². The molecular formula is C25H26N5O7P. The standard InChI is InChI=1S/C25H26N5O7P/c1-15-13-26-23(28-18-7-5-16(6-8-18)24(31)29-17-3-2-4-17)12-20(15)27-19-9-10-22-21(11-19)30(25(32)37-22)14-36-38(33,34)35/h5-13,17H,2-4,14H2,1H3,(H,29,31)(H2,26,27,28)(H2,33,34,35). The minimum absolute atomic E-state index is 0.0745. The van der Waals surface area contributed by atoms with Crippen LogP contribution in [0.2, 0.25) is 0 Å². The molecule has 5 N–H and O–H groups in total. The SMILES string of the molecule is Cc1cnc(Nc2ccc(C(=O)NC3CCC3)cc2)cc1Nc1ccc2oc(=O)n(COP(=O)(O)O)c2c1. The Morgan fingerprint density at radius 1 is 1.13 bits per heavy atom. The maximum Gasteiger partial charge on any atom is 0.471 e. The zero-order chi connectivity index (χ0) is 26.9. The number of aryl methyl sites for hydroxylation is 1. The van der Waals surface area contributed by atoms with Gasteiger partial charge < -0.3 is 30.2 Å². The molecule has 0 saturated heterocycles. The fourth-order valence-corrected chi connectivity index (χ4v) is 4.22. The number of carbonyl (C=O) groups is 1. The van der Waals surface area contributed by atoms with Gasteiger partial charge >= 0.3 is 13.6 Å². The Kier molecular flexibility index (Phi) is 7.04. The average Bonchev–Trinajstić information content (AvgIpc) is 3.16. The highest BCUT2D eigenvalue weighted by Crippen LogP contribution is 2.36. The number of rotatable bonds is 9. The second-order valence-electron chi connectivity index (χ2n) is 9.04. The number of pyridine rings is 1. The lowest BCUT2D eigenvalue weighted by atomic mass is 9.93. The van der Waals surface area contributed by atoms with Crippen molar-refractivity contribution in [2.24, 2.45) is 0 Å². The highest BCUT2D eigenvalue weighted by Gasteiger charge is 2.20. The number of phosphoric acid groups is 1. The van der Waals surface area contributed by atoms with Crippen molar-refractivity contribution in [1.29, 1.82) is 0 Å². The number of aromatic nitrogens is 2. The first kappa shape index (κ1) is 25.7. The van der Waals surface area contributed by atoms with Gasteiger partial charge in [-0.05, 0) is 74.2 Å². The Bertz CT molecular complexity index is 1590. The van der Waals surface area contributed by atoms with Crippen molar-refractivity contribution in [3.8, 4) is 0 Å². The highest BCUT2D eigenvalue weighted by molar-refractivity contribution is 7.46. The van der Waals surface area contributed by atoms with E-state index in [1.54, 1.807) is 36.5 Å². The van der Waals surface area contributed by atoms with Crippen LogP contribution >= 0.6 is 7.82 Å². The van der Waals surface area contributed by atoms with E-state index >= 15 is 0 Å². The number of carbonyl (C=O) groups excluding carboxylic acids is 1. The molecule has 13 heteroatoms. The second kappa shape index (κ2) is 10.4. The van der Waals surface area contributed by atoms with Crippen molar-refractivity contribution in [3.05, 3.63) is 76.4 Å². The summed E-state index contributed by atoms with van der Waals surface area (Å²) < 4.78 is 21.7. The monoisotopic (exact) mass is 539 g/mol. The van der Waals surface area contributed by atoms with Gasteiger partial charge in [-0.1, -0.05) is 0 Å². The van der Waals surface area contributed by atoms with E-state index in [0.29, 0.717) is 22.6 Å². The first-order chi connectivity index (χ1) is 18.1. The van der Waals surface area contributed by atoms with Crippen LogP contribution < -0.4 is 21.7 Å². The normalized spacial score (nSPS) is 13.8. The predicted molar refractivity (Wildman–Crippen MR) is 141 cm³/mol. The fourth-order valence-electron chi connectivity index (χ4n) is 3.95. The molecule has 0 radical (unpaired) electrons. The molecule has 1 aliphatic carbocycles. The molecule has 1 saturated carbocycles. The Hall–Kier alpha value is -3.96. The number of amides is 1. The molecule has 1 amide bonds. The third-order valence-corrected chi connectivity index (χ3v) is 6.72. The molecule has 2 aromatic carbocycles. The van der Waals surface area contributed by atoms with E-state index in [0.717, 1.165) is 40.8 Å². The maximum absolute atomic E-state index is 12.3. The van der Waals surface area contributed by atoms with Crippen LogP contribution in [0.25, 0.3) is 11.1 Å². The molecule has 2 aromatic heterocycles. The van der Waals surface area contributed by atoms with Crippen LogP contribution in [-0.4, -0.2) is 31.3 Å². The van der Waals surface area contributed by atoms with Crippen LogP contribution in [0.3, 0.4) is 0 Å². The fraction of sp³-hybridized carbons (Fsp3) is 0.240. The minimum Gasteiger partial charge on any atom is -0.408 e. The number of benzene rings is 2. The zero-order valence-corrected chi connectivity index (χ0v) is 21.3. The maximum atomic E-state index is 12.3. The molecule has 0 aliphatic heterocycles. The van der Waals surface area contributed by atoms with Gasteiger partial charge in [0.1, 0.15) is 12.5 Å². The van der Waals surface area contributed by atoms with Gasteiger partial charge in [0, 0.05) is 40.9 Å². The minimum atomic E-state index is -4.78. The third kappa shape index (κ3) is 5.95. The summed E-state index contributed by atoms with van der Waals surface area (Å²) in [5.74, 6) is -0.306. The molecule has 5 rings (SSSR count). The van der Waals surface area contributed by atoms with Crippen LogP contribution in [0.15, 0.2) is 63.9 Å². The summed E-state index contributed by atoms with van der Waals surface area (Å²) in [5.41, 5.74) is 4.11. The van der Waals surface area contributed by atoms with Crippen LogP contribution in [0.5, 0.6) is 0 Å². The molecular weight excluding hydrogens is 513 g/mol. The number of nitrogens with zero attached hydrogens (tertiary/aromatic N) is 2. The van der Waals surface area contributed by atoms with Crippen LogP contribution in [-0.2, 0) is 15.8 Å². The Balaban J connectivity index is 1.31. The lowest BCUT2D eigenvalue weighted by Gasteiger charge is -2.26. The highest BCUT2D eigenvalue weighted by atomic mass is 31.2. The van der Waals surface area contributed by atoms with E-state index in [9.17, 15) is 14.2 Å². The van der Waals surface area contributed by atoms with Gasteiger partial charge in [-0.2, -0.15) is 0 Å². The molecule has 0 spiro atoms. The van der Waals surface area contributed by atoms with Gasteiger partial charge in [0.05, 0.1) is 5.52 Å². The summed E-state index contributed by atoms with van der Waals surface area (Å²) >= 11 is 0. The molecule has 0 unspecified atom stereocenters. The molecule has 12 nitrogen and oxygen atoms in total. The number of hydrogen-bond acceptors (Lipinski definition) is 8. The van der Waals surface area contributed by atoms with Crippen molar-refractivity contribution < 1.29 is 28.1 Å². The number of nitrogens with one attached hydrogen (secondary N) is 3. The smallest absolute Gasteiger partial charge is 0.408 e. The van der Waals surface area contributed by atoms with Crippen molar-refractivity contribution in [1.82, 2.24) is 14.9 Å². The number of fused-ring (bicyclic) bond motifs is 1. The van der Waals surface area contributed by atoms with Gasteiger partial charge in [0.15, 0.2) is 5.58 Å². The van der Waals surface area contributed by atoms with Gasteiger partial charge in [-0.15, -0.1) is 0 Å². The summed E-state index contributed by atoms with van der Waals surface area (Å²) in [6, 6.07) is 14.1. The number of phosphoric ester groups is 1. The Labute approximate surface area is 216 Å². The predicted octanol–water partition coefficient (Wildman–Crippen LogP) is 4.13. The molecule has 1 fully saturated rings. The first-order valence-electron chi connectivity index (χ1n) is 11.9. The van der Waals surface area contributed by atoms with E-state index < -0.39 is 20.3 Å². The second-order valence-corrected chi connectivity index (χ2v) is 10.3. The molecule has 0 atom stereocenters. The Morgan fingerprint density at radius 2 is 1.87 bits per heavy atom. The van der Waals surface area contributed by atoms with Gasteiger partial charge in [0.2, 0.25) is 0 Å². The van der Waals surface area contributed by atoms with E-state index in [1.807, 2.05) is 25.1 Å². The van der Waals surface area contributed by atoms with Crippen LogP contribution in [0.4, 0.5) is 22.9 Å². The summed E-state index contributed by atoms with van der Waals surface area (Å²) in [6.45, 7) is 1.22. The van der Waals surface area contributed by atoms with E-state index in [2.05, 4.69) is 25.5 Å². The van der Waals surface area contributed by atoms with Gasteiger partial charge in [0.25, 0.3) is 5.91 Å². The summed E-state index contributed by atoms with van der Waals surface area (Å²) in [4.78, 5) is 46.8. The molecule has 0 bridgehead atoms. The number of oxazole rings is 1. The lowest BCUT2D eigenvalue weighted by molar-refractivity contribution is 0.0917. The first-order valence-corrected chi connectivity index (χ1v) is 13.4. The molecule has 4 aromatic rings. The largest absolute Gasteiger partial charge is 0.471 e. The van der Waals surface area contributed by atoms with Crippen molar-refractivity contribution in [2.75, 3.05) is 10.6 Å². The van der Waals surface area contributed by atoms with E-state index in [4.69, 9.17) is 14.2 Å². The van der Waals surface area contributed by atoms with Gasteiger partial charge in [-0.3, -0.25) is 9.32 Å². The molecule has 198 valence electrons. The third-order valence-electron chi connectivity index (χ3n) is 6.26. The Morgan fingerprint density at radius 3 is 2.55 bits per heavy atom.